The Kier molecular flexibility index (Phi) is 5.29. The number of esters is 1. The predicted molar refractivity (Wildman–Crippen MR) is 90.1 cm³/mol. The van der Waals surface area contributed by atoms with E-state index in [0.29, 0.717) is 37.7 Å². The van der Waals surface area contributed by atoms with Crippen LogP contribution >= 0.6 is 11.6 Å². The van der Waals surface area contributed by atoms with E-state index in [4.69, 9.17) is 21.1 Å². The molecule has 2 aliphatic rings. The van der Waals surface area contributed by atoms with Gasteiger partial charge in [0, 0.05) is 18.1 Å². The van der Waals surface area contributed by atoms with Gasteiger partial charge in [0.1, 0.15) is 12.4 Å². The lowest BCUT2D eigenvalue weighted by molar-refractivity contribution is -0.152. The van der Waals surface area contributed by atoms with Crippen LogP contribution in [0.25, 0.3) is 0 Å². The van der Waals surface area contributed by atoms with E-state index in [2.05, 4.69) is 0 Å². The highest BCUT2D eigenvalue weighted by atomic mass is 35.5. The average molecular weight is 352 g/mol. The molecule has 2 unspecified atom stereocenters. The molecule has 0 N–H and O–H groups in total. The van der Waals surface area contributed by atoms with Crippen molar-refractivity contribution in [3.63, 3.8) is 0 Å². The summed E-state index contributed by atoms with van der Waals surface area (Å²) in [5, 5.41) is 0.644. The number of nitrogens with zero attached hydrogens (tertiary/aromatic N) is 1. The first-order valence-corrected chi connectivity index (χ1v) is 8.83. The molecule has 1 fully saturated rings. The van der Waals surface area contributed by atoms with Crippen molar-refractivity contribution < 1.29 is 19.1 Å². The van der Waals surface area contributed by atoms with E-state index in [1.165, 1.54) is 0 Å². The number of ether oxygens (including phenoxy) is 2. The van der Waals surface area contributed by atoms with Crippen LogP contribution in [0.5, 0.6) is 5.75 Å². The first kappa shape index (κ1) is 17.1. The van der Waals surface area contributed by atoms with Gasteiger partial charge in [0.2, 0.25) is 5.91 Å². The summed E-state index contributed by atoms with van der Waals surface area (Å²) < 4.78 is 10.8. The molecule has 5 nitrogen and oxygen atoms in total. The van der Waals surface area contributed by atoms with E-state index in [9.17, 15) is 9.59 Å². The van der Waals surface area contributed by atoms with Crippen LogP contribution in [0.3, 0.4) is 0 Å². The molecule has 1 aromatic rings. The molecule has 1 saturated heterocycles. The van der Waals surface area contributed by atoms with Crippen LogP contribution in [0, 0.1) is 11.8 Å². The van der Waals surface area contributed by atoms with Crippen LogP contribution in [0.15, 0.2) is 18.2 Å². The smallest absolute Gasteiger partial charge is 0.310 e. The standard InChI is InChI=1S/C18H22ClNO4/c1-2-23-18(22)12-4-3-7-20(10-12)17(21)14-8-13-9-15(19)5-6-16(13)24-11-14/h5-6,9,12,14H,2-4,7-8,10-11H2,1H3. The molecule has 1 amide bonds. The lowest BCUT2D eigenvalue weighted by atomic mass is 9.92. The van der Waals surface area contributed by atoms with Gasteiger partial charge in [0.05, 0.1) is 18.4 Å². The summed E-state index contributed by atoms with van der Waals surface area (Å²) >= 11 is 6.03. The van der Waals surface area contributed by atoms with Crippen LogP contribution in [0.1, 0.15) is 25.3 Å². The highest BCUT2D eigenvalue weighted by Gasteiger charge is 2.34. The summed E-state index contributed by atoms with van der Waals surface area (Å²) in [6.45, 7) is 3.67. The van der Waals surface area contributed by atoms with Gasteiger partial charge in [0.25, 0.3) is 0 Å². The largest absolute Gasteiger partial charge is 0.492 e. The SMILES string of the molecule is CCOC(=O)C1CCCN(C(=O)C2COc3ccc(Cl)cc3C2)C1. The van der Waals surface area contributed by atoms with Crippen molar-refractivity contribution in [1.29, 1.82) is 0 Å². The van der Waals surface area contributed by atoms with Gasteiger partial charge in [-0.25, -0.2) is 0 Å². The molecule has 0 saturated carbocycles. The Bertz CT molecular complexity index is 633. The van der Waals surface area contributed by atoms with E-state index in [0.717, 1.165) is 24.2 Å². The third-order valence-electron chi connectivity index (χ3n) is 4.63. The first-order chi connectivity index (χ1) is 11.6. The quantitative estimate of drug-likeness (QED) is 0.786. The molecule has 0 bridgehead atoms. The zero-order valence-electron chi connectivity index (χ0n) is 13.8. The van der Waals surface area contributed by atoms with E-state index in [1.807, 2.05) is 12.1 Å². The number of fused-ring (bicyclic) bond motifs is 1. The second kappa shape index (κ2) is 7.43. The minimum Gasteiger partial charge on any atom is -0.492 e. The molecule has 2 aliphatic heterocycles. The van der Waals surface area contributed by atoms with Gasteiger partial charge < -0.3 is 14.4 Å². The van der Waals surface area contributed by atoms with Gasteiger partial charge in [0.15, 0.2) is 0 Å². The van der Waals surface area contributed by atoms with Crippen LogP contribution in [-0.4, -0.2) is 43.1 Å². The molecule has 0 spiro atoms. The fourth-order valence-electron chi connectivity index (χ4n) is 3.41. The predicted octanol–water partition coefficient (Wildman–Crippen LogP) is 2.69. The summed E-state index contributed by atoms with van der Waals surface area (Å²) in [6.07, 6.45) is 2.22. The minimum atomic E-state index is -0.225. The molecule has 2 atom stereocenters. The summed E-state index contributed by atoms with van der Waals surface area (Å²) in [5.41, 5.74) is 0.964. The highest BCUT2D eigenvalue weighted by Crippen LogP contribution is 2.31. The number of carbonyl (C=O) groups excluding carboxylic acids is 2. The van der Waals surface area contributed by atoms with Crippen LogP contribution in [0.2, 0.25) is 5.02 Å². The second-order valence-electron chi connectivity index (χ2n) is 6.34. The molecular formula is C18H22ClNO4. The summed E-state index contributed by atoms with van der Waals surface area (Å²) in [6, 6.07) is 5.49. The van der Waals surface area contributed by atoms with Crippen LogP contribution in [-0.2, 0) is 20.7 Å². The number of carbonyl (C=O) groups is 2. The van der Waals surface area contributed by atoms with Gasteiger partial charge in [-0.3, -0.25) is 9.59 Å². The summed E-state index contributed by atoms with van der Waals surface area (Å²) in [4.78, 5) is 26.6. The van der Waals surface area contributed by atoms with Crippen molar-refractivity contribution in [3.8, 4) is 5.75 Å². The van der Waals surface area contributed by atoms with Crippen molar-refractivity contribution in [1.82, 2.24) is 4.90 Å². The van der Waals surface area contributed by atoms with E-state index >= 15 is 0 Å². The molecule has 130 valence electrons. The summed E-state index contributed by atoms with van der Waals surface area (Å²) in [7, 11) is 0. The van der Waals surface area contributed by atoms with Crippen molar-refractivity contribution in [3.05, 3.63) is 28.8 Å². The molecule has 0 aromatic heterocycles. The Balaban J connectivity index is 1.65. The number of halogens is 1. The Morgan fingerprint density at radius 2 is 2.21 bits per heavy atom. The maximum absolute atomic E-state index is 12.8. The minimum absolute atomic E-state index is 0.0506. The monoisotopic (exact) mass is 351 g/mol. The number of hydrogen-bond donors (Lipinski definition) is 0. The lowest BCUT2D eigenvalue weighted by Gasteiger charge is -2.35. The third-order valence-corrected chi connectivity index (χ3v) is 4.87. The van der Waals surface area contributed by atoms with Gasteiger partial charge in [-0.15, -0.1) is 0 Å². The van der Waals surface area contributed by atoms with Crippen molar-refractivity contribution in [2.24, 2.45) is 11.8 Å². The van der Waals surface area contributed by atoms with E-state index in [-0.39, 0.29) is 23.7 Å². The molecule has 0 radical (unpaired) electrons. The van der Waals surface area contributed by atoms with Crippen molar-refractivity contribution in [2.45, 2.75) is 26.2 Å². The number of piperidine rings is 1. The Morgan fingerprint density at radius 3 is 3.00 bits per heavy atom. The normalized spacial score (nSPS) is 23.2. The maximum atomic E-state index is 12.8. The number of amides is 1. The fourth-order valence-corrected chi connectivity index (χ4v) is 3.60. The third kappa shape index (κ3) is 3.66. The zero-order valence-corrected chi connectivity index (χ0v) is 14.6. The molecule has 1 aromatic carbocycles. The Hall–Kier alpha value is -1.75. The second-order valence-corrected chi connectivity index (χ2v) is 6.78. The van der Waals surface area contributed by atoms with Crippen LogP contribution in [0.4, 0.5) is 0 Å². The topological polar surface area (TPSA) is 55.8 Å². The van der Waals surface area contributed by atoms with E-state index in [1.54, 1.807) is 17.9 Å². The number of benzene rings is 1. The molecule has 3 rings (SSSR count). The maximum Gasteiger partial charge on any atom is 0.310 e. The molecule has 2 heterocycles. The van der Waals surface area contributed by atoms with Crippen molar-refractivity contribution >= 4 is 23.5 Å². The summed E-state index contributed by atoms with van der Waals surface area (Å²) in [5.74, 6) is 0.207. The lowest BCUT2D eigenvalue weighted by Crippen LogP contribution is -2.47. The Labute approximate surface area is 146 Å². The molecular weight excluding hydrogens is 330 g/mol. The van der Waals surface area contributed by atoms with Gasteiger partial charge in [-0.05, 0) is 49.9 Å². The molecule has 6 heteroatoms. The fraction of sp³-hybridized carbons (Fsp3) is 0.556. The van der Waals surface area contributed by atoms with E-state index < -0.39 is 0 Å². The van der Waals surface area contributed by atoms with Gasteiger partial charge in [-0.1, -0.05) is 11.6 Å². The number of likely N-dealkylation sites (tertiary alicyclic amines) is 1. The van der Waals surface area contributed by atoms with Crippen LogP contribution < -0.4 is 4.74 Å². The zero-order chi connectivity index (χ0) is 17.1. The van der Waals surface area contributed by atoms with Crippen molar-refractivity contribution in [2.75, 3.05) is 26.3 Å². The molecule has 24 heavy (non-hydrogen) atoms. The van der Waals surface area contributed by atoms with Gasteiger partial charge in [-0.2, -0.15) is 0 Å². The first-order valence-electron chi connectivity index (χ1n) is 8.45. The average Bonchev–Trinajstić information content (AvgIpc) is 2.60. The highest BCUT2D eigenvalue weighted by molar-refractivity contribution is 6.30. The van der Waals surface area contributed by atoms with Gasteiger partial charge >= 0.3 is 5.97 Å². The Morgan fingerprint density at radius 1 is 1.38 bits per heavy atom. The molecule has 0 aliphatic carbocycles. The number of hydrogen-bond acceptors (Lipinski definition) is 4. The number of rotatable bonds is 3.